The molecule has 0 aliphatic heterocycles. The molecule has 0 N–H and O–H groups in total. The van der Waals surface area contributed by atoms with E-state index in [4.69, 9.17) is 11.6 Å². The molecular formula is C14H21ClN2O. The lowest BCUT2D eigenvalue weighted by atomic mass is 10.1. The molecule has 0 aliphatic rings. The summed E-state index contributed by atoms with van der Waals surface area (Å²) >= 11 is 5.92. The zero-order chi connectivity index (χ0) is 13.7. The molecule has 1 rings (SSSR count). The number of halogens is 1. The van der Waals surface area contributed by atoms with Crippen molar-refractivity contribution < 1.29 is 4.79 Å². The predicted molar refractivity (Wildman–Crippen MR) is 75.0 cm³/mol. The zero-order valence-corrected chi connectivity index (χ0v) is 12.3. The van der Waals surface area contributed by atoms with E-state index in [1.165, 1.54) is 0 Å². The summed E-state index contributed by atoms with van der Waals surface area (Å²) in [7, 11) is 1.82. The van der Waals surface area contributed by atoms with Gasteiger partial charge in [0.2, 0.25) is 0 Å². The number of rotatable bonds is 5. The van der Waals surface area contributed by atoms with Crippen molar-refractivity contribution in [2.75, 3.05) is 13.6 Å². The van der Waals surface area contributed by atoms with Crippen LogP contribution in [0.2, 0.25) is 5.15 Å². The lowest BCUT2D eigenvalue weighted by Crippen LogP contribution is -2.28. The van der Waals surface area contributed by atoms with E-state index < -0.39 is 0 Å². The number of aromatic nitrogens is 1. The Balaban J connectivity index is 2.79. The lowest BCUT2D eigenvalue weighted by Gasteiger charge is -2.18. The van der Waals surface area contributed by atoms with Crippen molar-refractivity contribution in [3.05, 3.63) is 28.5 Å². The summed E-state index contributed by atoms with van der Waals surface area (Å²) in [6.45, 7) is 7.06. The molecular weight excluding hydrogens is 248 g/mol. The third-order valence-electron chi connectivity index (χ3n) is 2.84. The van der Waals surface area contributed by atoms with Gasteiger partial charge in [0, 0.05) is 24.8 Å². The third-order valence-corrected chi connectivity index (χ3v) is 3.04. The average molecular weight is 269 g/mol. The predicted octanol–water partition coefficient (Wildman–Crippen LogP) is 3.42. The van der Waals surface area contributed by atoms with Gasteiger partial charge >= 0.3 is 0 Å². The molecule has 0 radical (unpaired) electrons. The fourth-order valence-corrected chi connectivity index (χ4v) is 1.86. The SMILES string of the molecule is CCc1cc(C(=O)N(C)CCC(C)C)cc(Cl)n1. The van der Waals surface area contributed by atoms with E-state index >= 15 is 0 Å². The molecule has 0 spiro atoms. The van der Waals surface area contributed by atoms with Gasteiger partial charge in [0.05, 0.1) is 0 Å². The summed E-state index contributed by atoms with van der Waals surface area (Å²) < 4.78 is 0. The van der Waals surface area contributed by atoms with Crippen molar-refractivity contribution in [3.8, 4) is 0 Å². The second kappa shape index (κ2) is 6.74. The standard InChI is InChI=1S/C14H21ClN2O/c1-5-12-8-11(9-13(15)16-12)14(18)17(4)7-6-10(2)3/h8-10H,5-7H2,1-4H3. The molecule has 1 aromatic heterocycles. The number of carbonyl (C=O) groups is 1. The van der Waals surface area contributed by atoms with Gasteiger partial charge in [0.15, 0.2) is 0 Å². The highest BCUT2D eigenvalue weighted by atomic mass is 35.5. The molecule has 100 valence electrons. The number of nitrogens with zero attached hydrogens (tertiary/aromatic N) is 2. The van der Waals surface area contributed by atoms with Gasteiger partial charge in [-0.05, 0) is 30.9 Å². The van der Waals surface area contributed by atoms with Crippen LogP contribution >= 0.6 is 11.6 Å². The van der Waals surface area contributed by atoms with Crippen molar-refractivity contribution in [2.24, 2.45) is 5.92 Å². The molecule has 0 saturated carbocycles. The Kier molecular flexibility index (Phi) is 5.60. The third kappa shape index (κ3) is 4.30. The molecule has 0 saturated heterocycles. The van der Waals surface area contributed by atoms with Crippen molar-refractivity contribution in [1.29, 1.82) is 0 Å². The van der Waals surface area contributed by atoms with E-state index in [1.807, 2.05) is 20.0 Å². The summed E-state index contributed by atoms with van der Waals surface area (Å²) in [4.78, 5) is 18.1. The molecule has 4 heteroatoms. The summed E-state index contributed by atoms with van der Waals surface area (Å²) in [5.41, 5.74) is 1.47. The van der Waals surface area contributed by atoms with E-state index in [0.29, 0.717) is 16.6 Å². The quantitative estimate of drug-likeness (QED) is 0.767. The Hall–Kier alpha value is -1.09. The van der Waals surface area contributed by atoms with Crippen LogP contribution in [-0.4, -0.2) is 29.4 Å². The minimum atomic E-state index is 0.00894. The molecule has 18 heavy (non-hydrogen) atoms. The number of carbonyl (C=O) groups excluding carboxylic acids is 1. The van der Waals surface area contributed by atoms with Gasteiger partial charge in [-0.15, -0.1) is 0 Å². The van der Waals surface area contributed by atoms with Gasteiger partial charge in [0.25, 0.3) is 5.91 Å². The van der Waals surface area contributed by atoms with Crippen LogP contribution in [0.15, 0.2) is 12.1 Å². The van der Waals surface area contributed by atoms with Crippen molar-refractivity contribution in [2.45, 2.75) is 33.6 Å². The van der Waals surface area contributed by atoms with Crippen LogP contribution in [0.25, 0.3) is 0 Å². The number of aryl methyl sites for hydroxylation is 1. The monoisotopic (exact) mass is 268 g/mol. The van der Waals surface area contributed by atoms with Crippen LogP contribution < -0.4 is 0 Å². The molecule has 3 nitrogen and oxygen atoms in total. The molecule has 0 aromatic carbocycles. The molecule has 0 aliphatic carbocycles. The molecule has 1 heterocycles. The summed E-state index contributed by atoms with van der Waals surface area (Å²) in [5.74, 6) is 0.599. The van der Waals surface area contributed by atoms with E-state index in [2.05, 4.69) is 18.8 Å². The maximum Gasteiger partial charge on any atom is 0.253 e. The van der Waals surface area contributed by atoms with Crippen molar-refractivity contribution >= 4 is 17.5 Å². The van der Waals surface area contributed by atoms with E-state index in [-0.39, 0.29) is 5.91 Å². The lowest BCUT2D eigenvalue weighted by molar-refractivity contribution is 0.0789. The smallest absolute Gasteiger partial charge is 0.253 e. The van der Waals surface area contributed by atoms with E-state index in [0.717, 1.165) is 25.1 Å². The Morgan fingerprint density at radius 3 is 2.67 bits per heavy atom. The van der Waals surface area contributed by atoms with Crippen LogP contribution in [0.5, 0.6) is 0 Å². The largest absolute Gasteiger partial charge is 0.342 e. The Labute approximate surface area is 114 Å². The molecule has 1 aromatic rings. The van der Waals surface area contributed by atoms with E-state index in [1.54, 1.807) is 11.0 Å². The maximum atomic E-state index is 12.2. The van der Waals surface area contributed by atoms with Gasteiger partial charge in [-0.3, -0.25) is 4.79 Å². The summed E-state index contributed by atoms with van der Waals surface area (Å²) in [6.07, 6.45) is 1.78. The minimum Gasteiger partial charge on any atom is -0.342 e. The molecule has 0 unspecified atom stereocenters. The van der Waals surface area contributed by atoms with Gasteiger partial charge in [-0.1, -0.05) is 32.4 Å². The topological polar surface area (TPSA) is 33.2 Å². The summed E-state index contributed by atoms with van der Waals surface area (Å²) in [5, 5.41) is 0.384. The molecule has 0 fully saturated rings. The van der Waals surface area contributed by atoms with Crippen LogP contribution in [0.1, 0.15) is 43.2 Å². The normalized spacial score (nSPS) is 10.8. The van der Waals surface area contributed by atoms with Gasteiger partial charge in [-0.25, -0.2) is 4.98 Å². The van der Waals surface area contributed by atoms with Crippen molar-refractivity contribution in [1.82, 2.24) is 9.88 Å². The Morgan fingerprint density at radius 1 is 1.44 bits per heavy atom. The number of pyridine rings is 1. The van der Waals surface area contributed by atoms with Crippen LogP contribution in [0, 0.1) is 5.92 Å². The number of hydrogen-bond acceptors (Lipinski definition) is 2. The highest BCUT2D eigenvalue weighted by Crippen LogP contribution is 2.14. The fourth-order valence-electron chi connectivity index (χ4n) is 1.63. The molecule has 1 amide bonds. The van der Waals surface area contributed by atoms with Crippen molar-refractivity contribution in [3.63, 3.8) is 0 Å². The second-order valence-electron chi connectivity index (χ2n) is 4.93. The first-order valence-corrected chi connectivity index (χ1v) is 6.73. The highest BCUT2D eigenvalue weighted by Gasteiger charge is 2.13. The number of hydrogen-bond donors (Lipinski definition) is 0. The molecule has 0 bridgehead atoms. The van der Waals surface area contributed by atoms with Gasteiger partial charge in [-0.2, -0.15) is 0 Å². The minimum absolute atomic E-state index is 0.00894. The Bertz CT molecular complexity index is 418. The van der Waals surface area contributed by atoms with Crippen LogP contribution in [0.4, 0.5) is 0 Å². The van der Waals surface area contributed by atoms with Gasteiger partial charge in [0.1, 0.15) is 5.15 Å². The van der Waals surface area contributed by atoms with Crippen LogP contribution in [0.3, 0.4) is 0 Å². The van der Waals surface area contributed by atoms with Gasteiger partial charge < -0.3 is 4.90 Å². The molecule has 0 atom stereocenters. The fraction of sp³-hybridized carbons (Fsp3) is 0.571. The Morgan fingerprint density at radius 2 is 2.11 bits per heavy atom. The van der Waals surface area contributed by atoms with Crippen LogP contribution in [-0.2, 0) is 6.42 Å². The number of amides is 1. The highest BCUT2D eigenvalue weighted by molar-refractivity contribution is 6.29. The average Bonchev–Trinajstić information content (AvgIpc) is 2.34. The second-order valence-corrected chi connectivity index (χ2v) is 5.32. The summed E-state index contributed by atoms with van der Waals surface area (Å²) in [6, 6.07) is 3.45. The van der Waals surface area contributed by atoms with E-state index in [9.17, 15) is 4.79 Å². The first kappa shape index (κ1) is 15.0. The first-order chi connectivity index (χ1) is 8.43. The maximum absolute atomic E-state index is 12.2. The first-order valence-electron chi connectivity index (χ1n) is 6.36. The zero-order valence-electron chi connectivity index (χ0n) is 11.5.